The maximum atomic E-state index is 12.4. The predicted octanol–water partition coefficient (Wildman–Crippen LogP) is 6.02. The van der Waals surface area contributed by atoms with Crippen LogP contribution < -0.4 is 5.43 Å². The van der Waals surface area contributed by atoms with Gasteiger partial charge in [0.15, 0.2) is 5.76 Å². The molecule has 0 bridgehead atoms. The van der Waals surface area contributed by atoms with Crippen molar-refractivity contribution in [2.24, 2.45) is 5.10 Å². The lowest BCUT2D eigenvalue weighted by Gasteiger charge is -2.09. The van der Waals surface area contributed by atoms with E-state index in [1.807, 2.05) is 62.4 Å². The van der Waals surface area contributed by atoms with E-state index in [4.69, 9.17) is 16.0 Å². The second kappa shape index (κ2) is 7.89. The van der Waals surface area contributed by atoms with Gasteiger partial charge < -0.3 is 8.98 Å². The van der Waals surface area contributed by atoms with E-state index >= 15 is 0 Å². The second-order valence-corrected chi connectivity index (χ2v) is 7.98. The molecule has 0 atom stereocenters. The first kappa shape index (κ1) is 19.5. The van der Waals surface area contributed by atoms with Gasteiger partial charge in [-0.25, -0.2) is 5.43 Å². The normalized spacial score (nSPS) is 11.4. The minimum Gasteiger partial charge on any atom is -0.451 e. The number of nitrogens with zero attached hydrogens (tertiary/aromatic N) is 2. The molecule has 1 amide bonds. The molecule has 2 heterocycles. The summed E-state index contributed by atoms with van der Waals surface area (Å²) in [7, 11) is 0. The Bertz CT molecular complexity index is 1240. The molecule has 146 valence electrons. The van der Waals surface area contributed by atoms with Crippen molar-refractivity contribution in [1.82, 2.24) is 9.99 Å². The molecule has 0 aliphatic heterocycles. The van der Waals surface area contributed by atoms with Gasteiger partial charge in [0, 0.05) is 37.5 Å². The van der Waals surface area contributed by atoms with Crippen molar-refractivity contribution < 1.29 is 9.21 Å². The van der Waals surface area contributed by atoms with E-state index < -0.39 is 5.91 Å². The molecular formula is C22H17BrClN3O2. The number of benzene rings is 2. The minimum absolute atomic E-state index is 0.210. The zero-order valence-corrected chi connectivity index (χ0v) is 18.1. The van der Waals surface area contributed by atoms with E-state index in [0.717, 1.165) is 32.5 Å². The van der Waals surface area contributed by atoms with Crippen molar-refractivity contribution >= 4 is 50.6 Å². The number of aryl methyl sites for hydroxylation is 1. The maximum absolute atomic E-state index is 12.4. The summed E-state index contributed by atoms with van der Waals surface area (Å²) in [5, 5.41) is 5.64. The van der Waals surface area contributed by atoms with E-state index in [1.165, 1.54) is 0 Å². The maximum Gasteiger partial charge on any atom is 0.307 e. The quantitative estimate of drug-likeness (QED) is 0.293. The Morgan fingerprint density at radius 3 is 2.66 bits per heavy atom. The third-order valence-corrected chi connectivity index (χ3v) is 5.37. The molecule has 0 aliphatic rings. The van der Waals surface area contributed by atoms with Crippen LogP contribution in [0.15, 0.2) is 68.6 Å². The Hall–Kier alpha value is -2.83. The highest BCUT2D eigenvalue weighted by Gasteiger charge is 2.13. The van der Waals surface area contributed by atoms with Crippen LogP contribution in [0.5, 0.6) is 0 Å². The fourth-order valence-electron chi connectivity index (χ4n) is 3.25. The van der Waals surface area contributed by atoms with Gasteiger partial charge in [0.05, 0.1) is 6.21 Å². The number of hydrazone groups is 1. The number of rotatable bonds is 4. The van der Waals surface area contributed by atoms with E-state index in [1.54, 1.807) is 12.3 Å². The summed E-state index contributed by atoms with van der Waals surface area (Å²) in [6.45, 7) is 4.02. The highest BCUT2D eigenvalue weighted by atomic mass is 79.9. The summed E-state index contributed by atoms with van der Waals surface area (Å²) in [5.74, 6) is -0.193. The van der Waals surface area contributed by atoms with Crippen LogP contribution in [0.3, 0.4) is 0 Å². The number of hydrogen-bond acceptors (Lipinski definition) is 3. The molecule has 2 aromatic heterocycles. The molecular weight excluding hydrogens is 454 g/mol. The van der Waals surface area contributed by atoms with Crippen LogP contribution in [0.4, 0.5) is 0 Å². The van der Waals surface area contributed by atoms with Crippen LogP contribution >= 0.6 is 27.5 Å². The van der Waals surface area contributed by atoms with Crippen LogP contribution in [0.1, 0.15) is 27.5 Å². The highest BCUT2D eigenvalue weighted by Crippen LogP contribution is 2.24. The van der Waals surface area contributed by atoms with Crippen molar-refractivity contribution in [2.45, 2.75) is 13.8 Å². The fourth-order valence-corrected chi connectivity index (χ4v) is 3.75. The number of hydrogen-bond donors (Lipinski definition) is 1. The van der Waals surface area contributed by atoms with Crippen molar-refractivity contribution in [3.8, 4) is 5.69 Å². The summed E-state index contributed by atoms with van der Waals surface area (Å²) in [5.41, 5.74) is 7.16. The van der Waals surface area contributed by atoms with Crippen LogP contribution in [-0.2, 0) is 0 Å². The number of furan rings is 1. The number of carbonyl (C=O) groups is 1. The van der Waals surface area contributed by atoms with Gasteiger partial charge in [0.2, 0.25) is 0 Å². The Kier molecular flexibility index (Phi) is 5.30. The number of nitrogens with one attached hydrogen (secondary N) is 1. The van der Waals surface area contributed by atoms with Gasteiger partial charge in [0.1, 0.15) is 5.58 Å². The van der Waals surface area contributed by atoms with E-state index in [0.29, 0.717) is 10.6 Å². The Labute approximate surface area is 181 Å². The van der Waals surface area contributed by atoms with E-state index in [-0.39, 0.29) is 5.76 Å². The van der Waals surface area contributed by atoms with Gasteiger partial charge in [0.25, 0.3) is 0 Å². The average Bonchev–Trinajstić information content (AvgIpc) is 3.23. The zero-order chi connectivity index (χ0) is 20.5. The molecule has 4 aromatic rings. The summed E-state index contributed by atoms with van der Waals surface area (Å²) in [6, 6.07) is 16.9. The predicted molar refractivity (Wildman–Crippen MR) is 119 cm³/mol. The Morgan fingerprint density at radius 1 is 1.14 bits per heavy atom. The molecule has 29 heavy (non-hydrogen) atoms. The molecule has 0 spiro atoms. The fraction of sp³-hybridized carbons (Fsp3) is 0.0909. The molecule has 0 saturated heterocycles. The highest BCUT2D eigenvalue weighted by molar-refractivity contribution is 9.10. The van der Waals surface area contributed by atoms with Gasteiger partial charge >= 0.3 is 5.91 Å². The first-order valence-electron chi connectivity index (χ1n) is 8.90. The minimum atomic E-state index is -0.403. The van der Waals surface area contributed by atoms with Gasteiger partial charge in [-0.05, 0) is 68.4 Å². The van der Waals surface area contributed by atoms with Crippen LogP contribution in [-0.4, -0.2) is 16.7 Å². The molecule has 4 rings (SSSR count). The number of fused-ring (bicyclic) bond motifs is 1. The van der Waals surface area contributed by atoms with Crippen molar-refractivity contribution in [3.05, 3.63) is 86.8 Å². The molecule has 7 heteroatoms. The molecule has 1 N–H and O–H groups in total. The first-order valence-corrected chi connectivity index (χ1v) is 10.1. The van der Waals surface area contributed by atoms with Crippen molar-refractivity contribution in [2.75, 3.05) is 0 Å². The number of halogens is 2. The average molecular weight is 471 g/mol. The van der Waals surface area contributed by atoms with Crippen LogP contribution in [0.2, 0.25) is 5.02 Å². The molecule has 0 unspecified atom stereocenters. The third-order valence-electron chi connectivity index (χ3n) is 4.63. The van der Waals surface area contributed by atoms with Gasteiger partial charge in [-0.15, -0.1) is 0 Å². The Morgan fingerprint density at radius 2 is 1.90 bits per heavy atom. The molecule has 0 aliphatic carbocycles. The van der Waals surface area contributed by atoms with E-state index in [2.05, 4.69) is 31.0 Å². The molecule has 2 aromatic carbocycles. The van der Waals surface area contributed by atoms with Gasteiger partial charge in [-0.1, -0.05) is 27.5 Å². The molecule has 0 saturated carbocycles. The van der Waals surface area contributed by atoms with Gasteiger partial charge in [-0.2, -0.15) is 5.10 Å². The lowest BCUT2D eigenvalue weighted by Crippen LogP contribution is -2.16. The summed E-state index contributed by atoms with van der Waals surface area (Å²) < 4.78 is 8.61. The number of carbonyl (C=O) groups excluding carboxylic acids is 1. The third kappa shape index (κ3) is 3.99. The second-order valence-electron chi connectivity index (χ2n) is 6.63. The summed E-state index contributed by atoms with van der Waals surface area (Å²) in [4.78, 5) is 12.4. The van der Waals surface area contributed by atoms with Crippen LogP contribution in [0, 0.1) is 13.8 Å². The van der Waals surface area contributed by atoms with Crippen molar-refractivity contribution in [1.29, 1.82) is 0 Å². The first-order chi connectivity index (χ1) is 13.9. The van der Waals surface area contributed by atoms with Gasteiger partial charge in [-0.3, -0.25) is 4.79 Å². The number of amides is 1. The molecule has 0 fully saturated rings. The lowest BCUT2D eigenvalue weighted by molar-refractivity contribution is 0.0929. The van der Waals surface area contributed by atoms with Crippen molar-refractivity contribution in [3.63, 3.8) is 0 Å². The van der Waals surface area contributed by atoms with E-state index in [9.17, 15) is 4.79 Å². The number of aromatic nitrogens is 1. The standard InChI is InChI=1S/C22H17BrClN3O2/c1-13-9-16(14(2)27(13)19-6-4-18(24)5-7-19)12-25-26-22(28)21-11-15-10-17(23)3-8-20(15)29-21/h3-12H,1-2H3,(H,26,28)/b25-12-. The Balaban J connectivity index is 1.52. The topological polar surface area (TPSA) is 59.5 Å². The smallest absolute Gasteiger partial charge is 0.307 e. The molecule has 5 nitrogen and oxygen atoms in total. The SMILES string of the molecule is Cc1cc(/C=N\NC(=O)c2cc3cc(Br)ccc3o2)c(C)n1-c1ccc(Cl)cc1. The summed E-state index contributed by atoms with van der Waals surface area (Å²) >= 11 is 9.39. The summed E-state index contributed by atoms with van der Waals surface area (Å²) in [6.07, 6.45) is 1.63. The molecule has 0 radical (unpaired) electrons. The van der Waals surface area contributed by atoms with Crippen LogP contribution in [0.25, 0.3) is 16.7 Å². The lowest BCUT2D eigenvalue weighted by atomic mass is 10.2. The zero-order valence-electron chi connectivity index (χ0n) is 15.7. The monoisotopic (exact) mass is 469 g/mol. The largest absolute Gasteiger partial charge is 0.451 e.